The van der Waals surface area contributed by atoms with Crippen LogP contribution in [0.5, 0.6) is 0 Å². The Morgan fingerprint density at radius 3 is 2.84 bits per heavy atom. The fourth-order valence-electron chi connectivity index (χ4n) is 4.35. The van der Waals surface area contributed by atoms with Gasteiger partial charge >= 0.3 is 0 Å². The van der Waals surface area contributed by atoms with Crippen molar-refractivity contribution in [1.29, 1.82) is 0 Å². The first-order valence-electron chi connectivity index (χ1n) is 11.3. The van der Waals surface area contributed by atoms with Crippen LogP contribution in [0, 0.1) is 0 Å². The Balaban J connectivity index is 1.38. The maximum absolute atomic E-state index is 13.3. The summed E-state index contributed by atoms with van der Waals surface area (Å²) >= 11 is 2.93. The molecule has 2 aliphatic rings. The molecule has 4 rings (SSSR count). The molecule has 1 saturated heterocycles. The average Bonchev–Trinajstić information content (AvgIpc) is 3.47. The number of aryl methyl sites for hydroxylation is 2. The molecule has 1 N–H and O–H groups in total. The van der Waals surface area contributed by atoms with E-state index >= 15 is 0 Å². The monoisotopic (exact) mass is 478 g/mol. The van der Waals surface area contributed by atoms with Gasteiger partial charge in [0.2, 0.25) is 11.8 Å². The number of aromatic nitrogens is 2. The van der Waals surface area contributed by atoms with Crippen molar-refractivity contribution in [3.8, 4) is 0 Å². The molecule has 3 heterocycles. The molecule has 0 bridgehead atoms. The minimum absolute atomic E-state index is 0.00342. The Hall–Kier alpha value is -1.91. The molecule has 10 heteroatoms. The van der Waals surface area contributed by atoms with Crippen molar-refractivity contribution in [2.45, 2.75) is 56.6 Å². The number of nitrogens with one attached hydrogen (secondary N) is 1. The maximum Gasteiger partial charge on any atom is 0.263 e. The third-order valence-electron chi connectivity index (χ3n) is 5.95. The van der Waals surface area contributed by atoms with E-state index in [1.54, 1.807) is 23.0 Å². The van der Waals surface area contributed by atoms with E-state index < -0.39 is 0 Å². The van der Waals surface area contributed by atoms with Gasteiger partial charge in [-0.25, -0.2) is 4.98 Å². The largest absolute Gasteiger partial charge is 0.385 e. The molecule has 2 amide bonds. The highest BCUT2D eigenvalue weighted by Crippen LogP contribution is 2.35. The van der Waals surface area contributed by atoms with E-state index in [1.807, 2.05) is 4.90 Å². The van der Waals surface area contributed by atoms with Crippen LogP contribution < -0.4 is 10.9 Å². The topological polar surface area (TPSA) is 93.5 Å². The van der Waals surface area contributed by atoms with Crippen molar-refractivity contribution in [2.75, 3.05) is 39.1 Å². The number of hydrogen-bond acceptors (Lipinski definition) is 7. The Morgan fingerprint density at radius 2 is 2.06 bits per heavy atom. The van der Waals surface area contributed by atoms with Gasteiger partial charge in [-0.3, -0.25) is 19.0 Å². The van der Waals surface area contributed by atoms with Gasteiger partial charge in [-0.05, 0) is 44.1 Å². The second-order valence-corrected chi connectivity index (χ2v) is 10.2. The Morgan fingerprint density at radius 1 is 1.19 bits per heavy atom. The molecule has 0 radical (unpaired) electrons. The molecule has 0 aromatic carbocycles. The second-order valence-electron chi connectivity index (χ2n) is 8.21. The van der Waals surface area contributed by atoms with Gasteiger partial charge < -0.3 is 15.0 Å². The van der Waals surface area contributed by atoms with Gasteiger partial charge in [-0.15, -0.1) is 11.3 Å². The predicted molar refractivity (Wildman–Crippen MR) is 127 cm³/mol. The van der Waals surface area contributed by atoms with Gasteiger partial charge in [0.1, 0.15) is 4.83 Å². The lowest BCUT2D eigenvalue weighted by atomic mass is 10.2. The number of thioether (sulfide) groups is 1. The lowest BCUT2D eigenvalue weighted by Crippen LogP contribution is -2.31. The van der Waals surface area contributed by atoms with Crippen LogP contribution in [0.1, 0.15) is 42.5 Å². The summed E-state index contributed by atoms with van der Waals surface area (Å²) in [4.78, 5) is 46.0. The first-order valence-corrected chi connectivity index (χ1v) is 13.1. The van der Waals surface area contributed by atoms with E-state index in [1.165, 1.54) is 22.2 Å². The summed E-state index contributed by atoms with van der Waals surface area (Å²) in [6.07, 6.45) is 6.09. The number of fused-ring (bicyclic) bond motifs is 3. The molecule has 32 heavy (non-hydrogen) atoms. The summed E-state index contributed by atoms with van der Waals surface area (Å²) < 4.78 is 6.87. The molecular formula is C22H30N4O4S2. The molecule has 0 unspecified atom stereocenters. The van der Waals surface area contributed by atoms with Crippen molar-refractivity contribution >= 4 is 45.1 Å². The fraction of sp³-hybridized carbons (Fsp3) is 0.636. The van der Waals surface area contributed by atoms with Crippen molar-refractivity contribution in [1.82, 2.24) is 19.8 Å². The zero-order chi connectivity index (χ0) is 22.5. The zero-order valence-electron chi connectivity index (χ0n) is 18.5. The molecule has 1 fully saturated rings. The molecular weight excluding hydrogens is 448 g/mol. The van der Waals surface area contributed by atoms with Crippen LogP contribution in [-0.2, 0) is 33.7 Å². The van der Waals surface area contributed by atoms with Gasteiger partial charge in [0.05, 0.1) is 11.1 Å². The molecule has 2 aromatic heterocycles. The number of likely N-dealkylation sites (tertiary alicyclic amines) is 1. The van der Waals surface area contributed by atoms with Gasteiger partial charge in [0.25, 0.3) is 5.56 Å². The van der Waals surface area contributed by atoms with E-state index in [0.29, 0.717) is 44.2 Å². The van der Waals surface area contributed by atoms with Crippen LogP contribution in [0.15, 0.2) is 9.95 Å². The van der Waals surface area contributed by atoms with E-state index in [4.69, 9.17) is 9.72 Å². The summed E-state index contributed by atoms with van der Waals surface area (Å²) in [6, 6.07) is 0. The van der Waals surface area contributed by atoms with Crippen LogP contribution in [-0.4, -0.2) is 65.4 Å². The van der Waals surface area contributed by atoms with Crippen molar-refractivity contribution in [3.63, 3.8) is 0 Å². The first kappa shape index (κ1) is 23.3. The SMILES string of the molecule is COCCCn1c(SCC(=O)NCCCN2CCCC2=O)nc2sc3c(c2c1=O)CCC3. The number of thiophene rings is 1. The number of rotatable bonds is 11. The molecule has 2 aromatic rings. The van der Waals surface area contributed by atoms with Gasteiger partial charge in [-0.2, -0.15) is 0 Å². The van der Waals surface area contributed by atoms with Crippen LogP contribution in [0.25, 0.3) is 10.2 Å². The number of ether oxygens (including phenoxy) is 1. The van der Waals surface area contributed by atoms with Crippen LogP contribution in [0.2, 0.25) is 0 Å². The molecule has 1 aliphatic carbocycles. The van der Waals surface area contributed by atoms with Crippen molar-refractivity contribution in [2.24, 2.45) is 0 Å². The molecule has 0 atom stereocenters. The van der Waals surface area contributed by atoms with E-state index in [0.717, 1.165) is 48.9 Å². The molecule has 0 spiro atoms. The summed E-state index contributed by atoms with van der Waals surface area (Å²) in [6.45, 7) is 3.13. The predicted octanol–water partition coefficient (Wildman–Crippen LogP) is 2.20. The Labute approximate surface area is 195 Å². The summed E-state index contributed by atoms with van der Waals surface area (Å²) in [5, 5.41) is 4.28. The molecule has 174 valence electrons. The van der Waals surface area contributed by atoms with E-state index in [9.17, 15) is 14.4 Å². The lowest BCUT2D eigenvalue weighted by Gasteiger charge is -2.15. The number of methoxy groups -OCH3 is 1. The smallest absolute Gasteiger partial charge is 0.263 e. The van der Waals surface area contributed by atoms with Crippen molar-refractivity contribution in [3.05, 3.63) is 20.8 Å². The van der Waals surface area contributed by atoms with Crippen LogP contribution in [0.3, 0.4) is 0 Å². The number of carbonyl (C=O) groups excluding carboxylic acids is 2. The van der Waals surface area contributed by atoms with Gasteiger partial charge in [0.15, 0.2) is 5.16 Å². The molecule has 1 aliphatic heterocycles. The Kier molecular flexibility index (Phi) is 7.85. The molecule has 0 saturated carbocycles. The molecule has 8 nitrogen and oxygen atoms in total. The van der Waals surface area contributed by atoms with Crippen LogP contribution in [0.4, 0.5) is 0 Å². The van der Waals surface area contributed by atoms with Gasteiger partial charge in [0, 0.05) is 51.2 Å². The third-order valence-corrected chi connectivity index (χ3v) is 8.11. The summed E-state index contributed by atoms with van der Waals surface area (Å²) in [5.74, 6) is 0.323. The number of nitrogens with zero attached hydrogens (tertiary/aromatic N) is 3. The number of carbonyl (C=O) groups is 2. The minimum atomic E-state index is -0.0887. The summed E-state index contributed by atoms with van der Waals surface area (Å²) in [7, 11) is 1.65. The first-order chi connectivity index (χ1) is 15.6. The average molecular weight is 479 g/mol. The van der Waals surface area contributed by atoms with Crippen molar-refractivity contribution < 1.29 is 14.3 Å². The highest BCUT2D eigenvalue weighted by Gasteiger charge is 2.23. The Bertz CT molecular complexity index is 1050. The second kappa shape index (κ2) is 10.8. The lowest BCUT2D eigenvalue weighted by molar-refractivity contribution is -0.127. The fourth-order valence-corrected chi connectivity index (χ4v) is 6.51. The summed E-state index contributed by atoms with van der Waals surface area (Å²) in [5.41, 5.74) is 1.18. The standard InChI is InChI=1S/C22H30N4O4S2/c1-30-13-5-12-26-21(29)19-15-6-2-7-16(15)32-20(19)24-22(26)31-14-17(27)23-9-4-11-25-10-3-8-18(25)28/h2-14H2,1H3,(H,23,27). The highest BCUT2D eigenvalue weighted by atomic mass is 32.2. The number of amides is 2. The third kappa shape index (κ3) is 5.18. The van der Waals surface area contributed by atoms with Gasteiger partial charge in [-0.1, -0.05) is 11.8 Å². The quantitative estimate of drug-likeness (QED) is 0.302. The zero-order valence-corrected chi connectivity index (χ0v) is 20.1. The normalized spacial score (nSPS) is 15.7. The minimum Gasteiger partial charge on any atom is -0.385 e. The van der Waals surface area contributed by atoms with E-state index in [2.05, 4.69) is 5.32 Å². The van der Waals surface area contributed by atoms with Crippen LogP contribution >= 0.6 is 23.1 Å². The number of hydrogen-bond donors (Lipinski definition) is 1. The highest BCUT2D eigenvalue weighted by molar-refractivity contribution is 7.99. The maximum atomic E-state index is 13.3. The van der Waals surface area contributed by atoms with E-state index in [-0.39, 0.29) is 23.1 Å².